The summed E-state index contributed by atoms with van der Waals surface area (Å²) in [7, 11) is 4.07. The Hall–Kier alpha value is -3.94. The molecule has 0 unspecified atom stereocenters. The van der Waals surface area contributed by atoms with Crippen LogP contribution in [0.4, 0.5) is 17.2 Å². The van der Waals surface area contributed by atoms with Crippen LogP contribution >= 0.6 is 0 Å². The minimum absolute atomic E-state index is 0.0313. The number of nitrogens with zero attached hydrogens (tertiary/aromatic N) is 3. The van der Waals surface area contributed by atoms with Gasteiger partial charge in [-0.1, -0.05) is 18.2 Å². The number of aromatic nitrogens is 1. The minimum atomic E-state index is -0.442. The van der Waals surface area contributed by atoms with E-state index in [0.29, 0.717) is 6.04 Å². The van der Waals surface area contributed by atoms with Gasteiger partial charge >= 0.3 is 0 Å². The molecule has 1 fully saturated rings. The Morgan fingerprint density at radius 1 is 1.06 bits per heavy atom. The number of carbonyl (C=O) groups excluding carboxylic acids is 1. The van der Waals surface area contributed by atoms with E-state index in [9.17, 15) is 14.9 Å². The molecule has 4 rings (SSSR count). The number of hydrogen-bond acceptors (Lipinski definition) is 6. The molecule has 0 spiro atoms. The molecule has 3 aromatic rings. The van der Waals surface area contributed by atoms with E-state index in [4.69, 9.17) is 4.98 Å². The number of carbonyl (C=O) groups is 1. The monoisotopic (exact) mass is 459 g/mol. The molecule has 1 amide bonds. The van der Waals surface area contributed by atoms with Gasteiger partial charge in [0.2, 0.25) is 5.91 Å². The van der Waals surface area contributed by atoms with Gasteiger partial charge in [0.15, 0.2) is 0 Å². The van der Waals surface area contributed by atoms with Gasteiger partial charge in [-0.25, -0.2) is 4.98 Å². The molecular weight excluding hydrogens is 430 g/mol. The predicted molar refractivity (Wildman–Crippen MR) is 136 cm³/mol. The molecule has 1 aliphatic carbocycles. The van der Waals surface area contributed by atoms with Gasteiger partial charge in [0.05, 0.1) is 10.4 Å². The van der Waals surface area contributed by atoms with Crippen LogP contribution in [0.5, 0.6) is 0 Å². The molecule has 1 aromatic heterocycles. The molecule has 34 heavy (non-hydrogen) atoms. The maximum atomic E-state index is 12.3. The zero-order valence-electron chi connectivity index (χ0n) is 19.4. The standard InChI is InChI=1S/C26H29N5O3/c1-30(2)24-17-25(29-23-6-4-3-5-22(23)24)27-19-10-12-20(13-11-19)28-26(32)16-9-18-7-14-21(15-8-18)31(33)34/h3-9,14-17,19-20H,10-13H2,1-2H3,(H,27,29)(H,28,32)/t19-,20+. The first-order valence-corrected chi connectivity index (χ1v) is 11.5. The number of nitrogens with one attached hydrogen (secondary N) is 2. The number of rotatable bonds is 7. The first-order chi connectivity index (χ1) is 16.4. The highest BCUT2D eigenvalue weighted by Crippen LogP contribution is 2.29. The van der Waals surface area contributed by atoms with Crippen LogP contribution in [0.15, 0.2) is 60.7 Å². The molecule has 1 heterocycles. The van der Waals surface area contributed by atoms with Crippen LogP contribution in [-0.4, -0.2) is 42.0 Å². The number of fused-ring (bicyclic) bond motifs is 1. The lowest BCUT2D eigenvalue weighted by molar-refractivity contribution is -0.384. The van der Waals surface area contributed by atoms with E-state index >= 15 is 0 Å². The third kappa shape index (κ3) is 5.70. The highest BCUT2D eigenvalue weighted by molar-refractivity contribution is 5.93. The zero-order valence-corrected chi connectivity index (χ0v) is 19.4. The summed E-state index contributed by atoms with van der Waals surface area (Å²) in [5, 5.41) is 18.5. The number of nitro groups is 1. The van der Waals surface area contributed by atoms with E-state index in [1.54, 1.807) is 18.2 Å². The Kier molecular flexibility index (Phi) is 7.06. The summed E-state index contributed by atoms with van der Waals surface area (Å²) in [6.45, 7) is 0. The molecule has 0 aliphatic heterocycles. The second-order valence-electron chi connectivity index (χ2n) is 8.82. The number of benzene rings is 2. The van der Waals surface area contributed by atoms with Crippen LogP contribution in [0.2, 0.25) is 0 Å². The summed E-state index contributed by atoms with van der Waals surface area (Å²) < 4.78 is 0. The van der Waals surface area contributed by atoms with Crippen LogP contribution < -0.4 is 15.5 Å². The average molecular weight is 460 g/mol. The van der Waals surface area contributed by atoms with Gasteiger partial charge in [0.1, 0.15) is 5.82 Å². The van der Waals surface area contributed by atoms with Crippen molar-refractivity contribution in [1.29, 1.82) is 0 Å². The number of pyridine rings is 1. The van der Waals surface area contributed by atoms with Gasteiger partial charge in [-0.05, 0) is 55.5 Å². The molecule has 176 valence electrons. The summed E-state index contributed by atoms with van der Waals surface area (Å²) in [6, 6.07) is 16.8. The SMILES string of the molecule is CN(C)c1cc(N[C@H]2CC[C@@H](NC(=O)C=Cc3ccc([N+](=O)[O-])cc3)CC2)nc2ccccc12. The molecule has 1 saturated carbocycles. The van der Waals surface area contributed by atoms with E-state index in [1.807, 2.05) is 32.3 Å². The fourth-order valence-electron chi connectivity index (χ4n) is 4.32. The topological polar surface area (TPSA) is 100 Å². The van der Waals surface area contributed by atoms with Crippen LogP contribution in [0.3, 0.4) is 0 Å². The Morgan fingerprint density at radius 3 is 2.41 bits per heavy atom. The largest absolute Gasteiger partial charge is 0.377 e. The Labute approximate surface area is 198 Å². The highest BCUT2D eigenvalue weighted by Gasteiger charge is 2.22. The van der Waals surface area contributed by atoms with Gasteiger partial charge in [-0.2, -0.15) is 0 Å². The number of non-ortho nitro benzene ring substituents is 1. The lowest BCUT2D eigenvalue weighted by Crippen LogP contribution is -2.39. The summed E-state index contributed by atoms with van der Waals surface area (Å²) in [5.74, 6) is 0.725. The summed E-state index contributed by atoms with van der Waals surface area (Å²) in [4.78, 5) is 29.5. The van der Waals surface area contributed by atoms with Crippen molar-refractivity contribution < 1.29 is 9.72 Å². The van der Waals surface area contributed by atoms with Gasteiger partial charge in [0, 0.05) is 61.5 Å². The predicted octanol–water partition coefficient (Wildman–Crippen LogP) is 4.76. The van der Waals surface area contributed by atoms with Gasteiger partial charge in [0.25, 0.3) is 5.69 Å². The third-order valence-electron chi connectivity index (χ3n) is 6.13. The molecule has 8 heteroatoms. The van der Waals surface area contributed by atoms with E-state index in [1.165, 1.54) is 18.2 Å². The van der Waals surface area contributed by atoms with Crippen molar-refractivity contribution in [3.63, 3.8) is 0 Å². The maximum absolute atomic E-state index is 12.3. The van der Waals surface area contributed by atoms with E-state index in [0.717, 1.165) is 53.7 Å². The zero-order chi connectivity index (χ0) is 24.1. The number of nitro benzene ring substituents is 1. The molecule has 1 aliphatic rings. The fourth-order valence-corrected chi connectivity index (χ4v) is 4.32. The number of para-hydroxylation sites is 1. The highest BCUT2D eigenvalue weighted by atomic mass is 16.6. The molecule has 2 N–H and O–H groups in total. The lowest BCUT2D eigenvalue weighted by atomic mass is 9.91. The van der Waals surface area contributed by atoms with Crippen molar-refractivity contribution in [1.82, 2.24) is 10.3 Å². The third-order valence-corrected chi connectivity index (χ3v) is 6.13. The summed E-state index contributed by atoms with van der Waals surface area (Å²) in [6.07, 6.45) is 6.82. The molecular formula is C26H29N5O3. The normalized spacial score (nSPS) is 18.1. The molecule has 0 radical (unpaired) electrons. The second kappa shape index (κ2) is 10.3. The van der Waals surface area contributed by atoms with Crippen molar-refractivity contribution in [2.45, 2.75) is 37.8 Å². The number of anilines is 2. The van der Waals surface area contributed by atoms with E-state index < -0.39 is 4.92 Å². The van der Waals surface area contributed by atoms with Gasteiger partial charge in [-0.3, -0.25) is 14.9 Å². The lowest BCUT2D eigenvalue weighted by Gasteiger charge is -2.30. The van der Waals surface area contributed by atoms with Crippen LogP contribution in [-0.2, 0) is 4.79 Å². The second-order valence-corrected chi connectivity index (χ2v) is 8.82. The van der Waals surface area contributed by atoms with E-state index in [2.05, 4.69) is 27.7 Å². The van der Waals surface area contributed by atoms with Crippen molar-refractivity contribution in [2.75, 3.05) is 24.3 Å². The summed E-state index contributed by atoms with van der Waals surface area (Å²) in [5.41, 5.74) is 2.88. The molecule has 0 bridgehead atoms. The van der Waals surface area contributed by atoms with Crippen molar-refractivity contribution >= 4 is 40.1 Å². The summed E-state index contributed by atoms with van der Waals surface area (Å²) >= 11 is 0. The van der Waals surface area contributed by atoms with Crippen LogP contribution in [0.25, 0.3) is 17.0 Å². The molecule has 0 saturated heterocycles. The average Bonchev–Trinajstić information content (AvgIpc) is 2.83. The van der Waals surface area contributed by atoms with E-state index in [-0.39, 0.29) is 17.6 Å². The first kappa shape index (κ1) is 23.2. The van der Waals surface area contributed by atoms with Crippen molar-refractivity contribution in [3.05, 3.63) is 76.4 Å². The van der Waals surface area contributed by atoms with Gasteiger partial charge < -0.3 is 15.5 Å². The van der Waals surface area contributed by atoms with Gasteiger partial charge in [-0.15, -0.1) is 0 Å². The quantitative estimate of drug-likeness (QED) is 0.300. The molecule has 2 aromatic carbocycles. The Bertz CT molecular complexity index is 1200. The van der Waals surface area contributed by atoms with Crippen LogP contribution in [0.1, 0.15) is 31.2 Å². The number of amides is 1. The van der Waals surface area contributed by atoms with Crippen LogP contribution in [0, 0.1) is 10.1 Å². The van der Waals surface area contributed by atoms with Crippen molar-refractivity contribution in [3.8, 4) is 0 Å². The smallest absolute Gasteiger partial charge is 0.269 e. The number of hydrogen-bond donors (Lipinski definition) is 2. The minimum Gasteiger partial charge on any atom is -0.377 e. The van der Waals surface area contributed by atoms with Crippen molar-refractivity contribution in [2.24, 2.45) is 0 Å². The Balaban J connectivity index is 1.29. The maximum Gasteiger partial charge on any atom is 0.269 e. The Morgan fingerprint density at radius 2 is 1.74 bits per heavy atom. The fraction of sp³-hybridized carbons (Fsp3) is 0.308. The first-order valence-electron chi connectivity index (χ1n) is 11.5. The molecule has 8 nitrogen and oxygen atoms in total. The molecule has 0 atom stereocenters.